The molecule has 0 aromatic heterocycles. The molecule has 0 fully saturated rings. The second-order valence-corrected chi connectivity index (χ2v) is 7.01. The minimum atomic E-state index is 0.492. The van der Waals surface area contributed by atoms with Crippen LogP contribution < -0.4 is 9.64 Å². The minimum Gasteiger partial charge on any atom is -0.486 e. The first kappa shape index (κ1) is 18.3. The Balaban J connectivity index is 1.78. The topological polar surface area (TPSA) is 40.6 Å². The molecule has 1 atom stereocenters. The summed E-state index contributed by atoms with van der Waals surface area (Å²) in [6.45, 7) is 6.05. The zero-order chi connectivity index (χ0) is 18.4. The monoisotopic (exact) mass is 350 g/mol. The van der Waals surface area contributed by atoms with E-state index in [1.54, 1.807) is 0 Å². The smallest absolute Gasteiger partial charge is 0.426 e. The van der Waals surface area contributed by atoms with E-state index < -0.39 is 0 Å². The Morgan fingerprint density at radius 1 is 1.19 bits per heavy atom. The van der Waals surface area contributed by atoms with E-state index in [0.717, 1.165) is 25.1 Å². The number of anilines is 2. The van der Waals surface area contributed by atoms with Gasteiger partial charge in [-0.1, -0.05) is 51.3 Å². The van der Waals surface area contributed by atoms with Crippen LogP contribution in [0, 0.1) is 11.3 Å². The molecule has 1 heterocycles. The van der Waals surface area contributed by atoms with Gasteiger partial charge in [0.2, 0.25) is 11.1 Å². The third kappa shape index (κ3) is 3.99. The van der Waals surface area contributed by atoms with E-state index in [9.17, 15) is 5.39 Å². The van der Waals surface area contributed by atoms with Crippen molar-refractivity contribution in [3.05, 3.63) is 53.0 Å². The maximum Gasteiger partial charge on any atom is 0.426 e. The highest BCUT2D eigenvalue weighted by Gasteiger charge is 2.24. The number of nitrogens with zero attached hydrogens (tertiary/aromatic N) is 3. The molecule has 0 radical (unpaired) electrons. The van der Waals surface area contributed by atoms with E-state index in [1.807, 2.05) is 18.2 Å². The number of rotatable bonds is 8. The standard InChI is InChI=1S/C22H28N3O/c1-3-5-8-17(4-2)16-26-22-15-19(11-12-20(22)24-23)25-14-13-18-9-6-7-10-21(18)25/h6-7,9-12,15,17H,3-5,8,13-14,16H2,1-2H3/q+1. The lowest BCUT2D eigenvalue weighted by Gasteiger charge is -2.20. The molecular weight excluding hydrogens is 322 g/mol. The van der Waals surface area contributed by atoms with Crippen LogP contribution in [0.4, 0.5) is 17.1 Å². The van der Waals surface area contributed by atoms with Gasteiger partial charge < -0.3 is 9.64 Å². The number of benzene rings is 2. The normalized spacial score (nSPS) is 14.0. The first-order valence-corrected chi connectivity index (χ1v) is 9.74. The number of diazo groups is 1. The van der Waals surface area contributed by atoms with E-state index in [4.69, 9.17) is 4.74 Å². The first-order valence-electron chi connectivity index (χ1n) is 9.74. The highest BCUT2D eigenvalue weighted by molar-refractivity contribution is 5.73. The molecule has 0 N–H and O–H groups in total. The van der Waals surface area contributed by atoms with Crippen molar-refractivity contribution in [2.24, 2.45) is 5.92 Å². The van der Waals surface area contributed by atoms with Gasteiger partial charge in [0.25, 0.3) is 0 Å². The average Bonchev–Trinajstić information content (AvgIpc) is 3.12. The lowest BCUT2D eigenvalue weighted by atomic mass is 10.0. The fourth-order valence-corrected chi connectivity index (χ4v) is 3.58. The molecule has 4 heteroatoms. The number of ether oxygens (including phenoxy) is 1. The highest BCUT2D eigenvalue weighted by atomic mass is 16.5. The molecule has 2 aromatic carbocycles. The van der Waals surface area contributed by atoms with E-state index in [-0.39, 0.29) is 0 Å². The lowest BCUT2D eigenvalue weighted by Crippen LogP contribution is -2.14. The molecule has 3 rings (SSSR count). The maximum absolute atomic E-state index is 9.33. The average molecular weight is 350 g/mol. The Kier molecular flexibility index (Phi) is 6.12. The van der Waals surface area contributed by atoms with Gasteiger partial charge in [-0.15, -0.1) is 0 Å². The summed E-state index contributed by atoms with van der Waals surface area (Å²) in [5.41, 5.74) is 4.20. The molecular formula is C22H28N3O+. The summed E-state index contributed by atoms with van der Waals surface area (Å²) in [6.07, 6.45) is 5.76. The summed E-state index contributed by atoms with van der Waals surface area (Å²) in [5.74, 6) is 1.20. The summed E-state index contributed by atoms with van der Waals surface area (Å²) < 4.78 is 6.09. The van der Waals surface area contributed by atoms with E-state index in [2.05, 4.69) is 48.0 Å². The van der Waals surface area contributed by atoms with Gasteiger partial charge in [-0.05, 0) is 36.5 Å². The number of unbranched alkanes of at least 4 members (excludes halogenated alkanes) is 1. The predicted molar refractivity (Wildman–Crippen MR) is 107 cm³/mol. The molecule has 0 bridgehead atoms. The minimum absolute atomic E-state index is 0.492. The summed E-state index contributed by atoms with van der Waals surface area (Å²) >= 11 is 0. The van der Waals surface area contributed by atoms with Crippen LogP contribution in [0.3, 0.4) is 0 Å². The van der Waals surface area contributed by atoms with Gasteiger partial charge in [0.05, 0.1) is 6.61 Å². The van der Waals surface area contributed by atoms with Crippen molar-refractivity contribution < 1.29 is 4.74 Å². The van der Waals surface area contributed by atoms with Crippen LogP contribution in [0.15, 0.2) is 42.5 Å². The van der Waals surface area contributed by atoms with Crippen LogP contribution in [-0.2, 0) is 6.42 Å². The van der Waals surface area contributed by atoms with Crippen molar-refractivity contribution in [2.75, 3.05) is 18.1 Å². The van der Waals surface area contributed by atoms with Crippen LogP contribution in [0.1, 0.15) is 45.1 Å². The van der Waals surface area contributed by atoms with Gasteiger partial charge in [-0.2, -0.15) is 0 Å². The largest absolute Gasteiger partial charge is 0.486 e. The molecule has 136 valence electrons. The second-order valence-electron chi connectivity index (χ2n) is 7.01. The van der Waals surface area contributed by atoms with Crippen molar-refractivity contribution in [1.82, 2.24) is 0 Å². The van der Waals surface area contributed by atoms with Gasteiger partial charge >= 0.3 is 5.69 Å². The molecule has 0 saturated carbocycles. The van der Waals surface area contributed by atoms with Gasteiger partial charge in [0, 0.05) is 30.1 Å². The van der Waals surface area contributed by atoms with Crippen LogP contribution in [0.25, 0.3) is 4.98 Å². The Hall–Kier alpha value is -2.54. The lowest BCUT2D eigenvalue weighted by molar-refractivity contribution is 0.234. The van der Waals surface area contributed by atoms with Gasteiger partial charge in [0.1, 0.15) is 0 Å². The van der Waals surface area contributed by atoms with Gasteiger partial charge in [-0.25, -0.2) is 0 Å². The van der Waals surface area contributed by atoms with Crippen LogP contribution in [0.5, 0.6) is 5.75 Å². The number of fused-ring (bicyclic) bond motifs is 1. The molecule has 0 amide bonds. The zero-order valence-electron chi connectivity index (χ0n) is 15.8. The van der Waals surface area contributed by atoms with E-state index in [0.29, 0.717) is 24.0 Å². The number of para-hydroxylation sites is 1. The molecule has 4 nitrogen and oxygen atoms in total. The highest BCUT2D eigenvalue weighted by Crippen LogP contribution is 2.39. The van der Waals surface area contributed by atoms with Crippen molar-refractivity contribution in [3.8, 4) is 5.75 Å². The maximum atomic E-state index is 9.33. The Labute approximate surface area is 156 Å². The number of hydrogen-bond acceptors (Lipinski definition) is 3. The van der Waals surface area contributed by atoms with Crippen LogP contribution in [0.2, 0.25) is 0 Å². The fraction of sp³-hybridized carbons (Fsp3) is 0.455. The van der Waals surface area contributed by atoms with E-state index in [1.165, 1.54) is 30.5 Å². The third-order valence-electron chi connectivity index (χ3n) is 5.27. The van der Waals surface area contributed by atoms with Gasteiger partial charge in [0.15, 0.2) is 4.98 Å². The van der Waals surface area contributed by atoms with Crippen LogP contribution in [-0.4, -0.2) is 13.2 Å². The molecule has 1 unspecified atom stereocenters. The summed E-state index contributed by atoms with van der Waals surface area (Å²) in [6, 6.07) is 14.3. The molecule has 0 saturated heterocycles. The Morgan fingerprint density at radius 3 is 2.81 bits per heavy atom. The number of hydrogen-bond donors (Lipinski definition) is 0. The fourth-order valence-electron chi connectivity index (χ4n) is 3.58. The van der Waals surface area contributed by atoms with Crippen molar-refractivity contribution in [1.29, 1.82) is 5.39 Å². The summed E-state index contributed by atoms with van der Waals surface area (Å²) in [4.78, 5) is 5.71. The molecule has 26 heavy (non-hydrogen) atoms. The summed E-state index contributed by atoms with van der Waals surface area (Å²) in [7, 11) is 0. The zero-order valence-corrected chi connectivity index (χ0v) is 15.8. The van der Waals surface area contributed by atoms with Crippen molar-refractivity contribution in [2.45, 2.75) is 46.0 Å². The van der Waals surface area contributed by atoms with Gasteiger partial charge in [-0.3, -0.25) is 0 Å². The SMILES string of the molecule is CCCCC(CC)COc1cc(N2CCc3ccccc32)ccc1[N+]#N. The van der Waals surface area contributed by atoms with Crippen molar-refractivity contribution in [3.63, 3.8) is 0 Å². The van der Waals surface area contributed by atoms with Crippen molar-refractivity contribution >= 4 is 17.1 Å². The quantitative estimate of drug-likeness (QED) is 0.513. The Morgan fingerprint density at radius 2 is 2.04 bits per heavy atom. The molecule has 0 spiro atoms. The second kappa shape index (κ2) is 8.71. The molecule has 1 aliphatic heterocycles. The summed E-state index contributed by atoms with van der Waals surface area (Å²) in [5, 5.41) is 9.33. The predicted octanol–water partition coefficient (Wildman–Crippen LogP) is 6.46. The Bertz CT molecular complexity index is 781. The van der Waals surface area contributed by atoms with E-state index >= 15 is 0 Å². The molecule has 1 aliphatic rings. The molecule has 2 aromatic rings. The molecule has 0 aliphatic carbocycles. The third-order valence-corrected chi connectivity index (χ3v) is 5.27. The van der Waals surface area contributed by atoms with Crippen LogP contribution >= 0.6 is 0 Å². The first-order chi connectivity index (χ1) is 12.8.